The second-order valence-electron chi connectivity index (χ2n) is 10.9. The van der Waals surface area contributed by atoms with Crippen molar-refractivity contribution in [3.05, 3.63) is 82.0 Å². The maximum atomic E-state index is 13.1. The summed E-state index contributed by atoms with van der Waals surface area (Å²) in [4.78, 5) is 41.8. The van der Waals surface area contributed by atoms with Gasteiger partial charge in [-0.2, -0.15) is 0 Å². The maximum absolute atomic E-state index is 13.1. The van der Waals surface area contributed by atoms with Gasteiger partial charge in [0.25, 0.3) is 0 Å². The quantitative estimate of drug-likeness (QED) is 0.529. The topological polar surface area (TPSA) is 142 Å². The lowest BCUT2D eigenvalue weighted by Crippen LogP contribution is -2.47. The van der Waals surface area contributed by atoms with Gasteiger partial charge in [0.2, 0.25) is 5.91 Å². The number of carbonyl (C=O) groups excluding carboxylic acids is 2. The number of amides is 1. The van der Waals surface area contributed by atoms with Gasteiger partial charge in [-0.15, -0.1) is 0 Å². The molecular formula is C29H26N6O5. The van der Waals surface area contributed by atoms with E-state index in [0.29, 0.717) is 22.9 Å². The van der Waals surface area contributed by atoms with Crippen molar-refractivity contribution in [3.63, 3.8) is 0 Å². The first-order valence-corrected chi connectivity index (χ1v) is 13.4. The van der Waals surface area contributed by atoms with Crippen molar-refractivity contribution >= 4 is 29.7 Å². The van der Waals surface area contributed by atoms with Crippen LogP contribution in [0.15, 0.2) is 86.3 Å². The van der Waals surface area contributed by atoms with E-state index in [4.69, 9.17) is 9.73 Å². The molecule has 1 spiro atoms. The number of nitrogens with one attached hydrogen (secondary N) is 1. The Morgan fingerprint density at radius 3 is 2.98 bits per heavy atom. The zero-order valence-corrected chi connectivity index (χ0v) is 21.6. The number of imidazole rings is 1. The molecule has 2 unspecified atom stereocenters. The highest BCUT2D eigenvalue weighted by molar-refractivity contribution is 6.16. The summed E-state index contributed by atoms with van der Waals surface area (Å²) in [5.41, 5.74) is 4.71. The molecule has 40 heavy (non-hydrogen) atoms. The minimum absolute atomic E-state index is 0.0760. The first kappa shape index (κ1) is 23.7. The molecule has 7 aliphatic rings. The van der Waals surface area contributed by atoms with Crippen molar-refractivity contribution in [1.82, 2.24) is 19.8 Å². The summed E-state index contributed by atoms with van der Waals surface area (Å²) < 4.78 is 7.78. The van der Waals surface area contributed by atoms with E-state index >= 15 is 0 Å². The number of ketones is 1. The lowest BCUT2D eigenvalue weighted by atomic mass is 9.62. The van der Waals surface area contributed by atoms with Crippen LogP contribution in [0.5, 0.6) is 0 Å². The molecule has 4 aliphatic carbocycles. The molecule has 0 aromatic carbocycles. The van der Waals surface area contributed by atoms with Crippen LogP contribution in [0.4, 0.5) is 5.82 Å². The van der Waals surface area contributed by atoms with Crippen molar-refractivity contribution in [2.75, 3.05) is 6.61 Å². The Kier molecular flexibility index (Phi) is 4.83. The third-order valence-electron chi connectivity index (χ3n) is 8.68. The molecule has 1 fully saturated rings. The average molecular weight is 539 g/mol. The van der Waals surface area contributed by atoms with Crippen LogP contribution in [0.3, 0.4) is 0 Å². The largest absolute Gasteiger partial charge is 0.394 e. The monoisotopic (exact) mass is 538 g/mol. The number of hydrogen-bond donors (Lipinski definition) is 3. The fraction of sp³-hybridized carbons (Fsp3) is 0.345. The predicted molar refractivity (Wildman–Crippen MR) is 143 cm³/mol. The van der Waals surface area contributed by atoms with Crippen LogP contribution in [0.25, 0.3) is 0 Å². The van der Waals surface area contributed by atoms with Gasteiger partial charge in [0.05, 0.1) is 30.8 Å². The van der Waals surface area contributed by atoms with Gasteiger partial charge < -0.3 is 20.3 Å². The van der Waals surface area contributed by atoms with Crippen LogP contribution >= 0.6 is 0 Å². The van der Waals surface area contributed by atoms with Gasteiger partial charge in [0, 0.05) is 24.5 Å². The minimum Gasteiger partial charge on any atom is -0.394 e. The Hall–Kier alpha value is -4.19. The lowest BCUT2D eigenvalue weighted by molar-refractivity contribution is -0.119. The van der Waals surface area contributed by atoms with E-state index in [9.17, 15) is 19.8 Å². The highest BCUT2D eigenvalue weighted by Crippen LogP contribution is 2.57. The van der Waals surface area contributed by atoms with E-state index in [1.165, 1.54) is 6.92 Å². The third-order valence-corrected chi connectivity index (χ3v) is 8.68. The smallest absolute Gasteiger partial charge is 0.217 e. The number of allylic oxidation sites excluding steroid dienone is 7. The molecule has 11 nitrogen and oxygen atoms in total. The van der Waals surface area contributed by atoms with Gasteiger partial charge in [0.1, 0.15) is 24.4 Å². The average Bonchev–Trinajstić information content (AvgIpc) is 3.63. The standard InChI is InChI=1S/C29H26N6O5/c1-14(37)32-19-4-2-3-18-17(19)9-15-5-7-20(38)16-6-8-23-29(18,25(15)16)33-28-26-27(30-12-34(23)28)31-13-35(26)24-10-21(39)22(11-36)40-24/h3,5-9,12-13,19,21-22,24,36,39H,2,4,10-11H2,1H3,(H,32,37)/t19?,21-,22+,24+,29?/m0/s1. The van der Waals surface area contributed by atoms with E-state index < -0.39 is 24.0 Å². The number of aliphatic hydroxyl groups is 2. The summed E-state index contributed by atoms with van der Waals surface area (Å²) in [6.07, 6.45) is 14.5. The molecule has 0 bridgehead atoms. The number of aliphatic imine (C=N–C) groups is 2. The Balaban J connectivity index is 1.34. The number of nitrogens with zero attached hydrogens (tertiary/aromatic N) is 5. The zero-order valence-electron chi connectivity index (χ0n) is 21.6. The molecule has 0 saturated carbocycles. The van der Waals surface area contributed by atoms with Crippen LogP contribution in [-0.2, 0) is 14.3 Å². The summed E-state index contributed by atoms with van der Waals surface area (Å²) in [6, 6.07) is -0.182. The Morgan fingerprint density at radius 1 is 1.30 bits per heavy atom. The number of aromatic nitrogens is 2. The number of rotatable bonds is 3. The van der Waals surface area contributed by atoms with Crippen LogP contribution in [-0.4, -0.2) is 78.9 Å². The van der Waals surface area contributed by atoms with Crippen LogP contribution in [0.1, 0.15) is 38.1 Å². The normalized spacial score (nSPS) is 32.7. The second-order valence-corrected chi connectivity index (χ2v) is 10.9. The lowest BCUT2D eigenvalue weighted by Gasteiger charge is -2.45. The zero-order chi connectivity index (χ0) is 27.3. The SMILES string of the molecule is CC(=O)NC1CCC=C2C1=CC1=C3C(=CC=C4N5C=Nc6ncn([C@H]7C[C@H](O)[C@@H](CO)O7)c6C5=NC243)C(=O)C=C1. The van der Waals surface area contributed by atoms with E-state index in [0.717, 1.165) is 40.8 Å². The molecule has 4 heterocycles. The second kappa shape index (κ2) is 8.17. The van der Waals surface area contributed by atoms with E-state index in [1.54, 1.807) is 18.7 Å². The molecule has 0 radical (unpaired) electrons. The summed E-state index contributed by atoms with van der Waals surface area (Å²) in [6.45, 7) is 1.23. The highest BCUT2D eigenvalue weighted by atomic mass is 16.5. The van der Waals surface area contributed by atoms with Crippen LogP contribution in [0, 0.1) is 0 Å². The summed E-state index contributed by atoms with van der Waals surface area (Å²) in [7, 11) is 0. The van der Waals surface area contributed by atoms with Gasteiger partial charge in [-0.1, -0.05) is 12.2 Å². The van der Waals surface area contributed by atoms with E-state index in [2.05, 4.69) is 27.4 Å². The Bertz CT molecular complexity index is 1670. The van der Waals surface area contributed by atoms with Crippen molar-refractivity contribution in [1.29, 1.82) is 0 Å². The fourth-order valence-electron chi connectivity index (χ4n) is 7.02. The molecule has 3 N–H and O–H groups in total. The van der Waals surface area contributed by atoms with E-state index in [-0.39, 0.29) is 30.8 Å². The summed E-state index contributed by atoms with van der Waals surface area (Å²) in [5.74, 6) is 0.896. The van der Waals surface area contributed by atoms with Crippen LogP contribution in [0.2, 0.25) is 0 Å². The third kappa shape index (κ3) is 2.96. The molecular weight excluding hydrogens is 512 g/mol. The Morgan fingerprint density at radius 2 is 2.17 bits per heavy atom. The molecule has 5 atom stereocenters. The van der Waals surface area contributed by atoms with Gasteiger partial charge in [-0.05, 0) is 53.9 Å². The molecule has 8 rings (SSSR count). The molecule has 1 amide bonds. The molecule has 11 heteroatoms. The number of fused-ring (bicyclic) bond motifs is 5. The van der Waals surface area contributed by atoms with Gasteiger partial charge in [-0.3, -0.25) is 19.1 Å². The van der Waals surface area contributed by atoms with Gasteiger partial charge >= 0.3 is 0 Å². The fourth-order valence-corrected chi connectivity index (χ4v) is 7.02. The minimum atomic E-state index is -1.01. The first-order chi connectivity index (χ1) is 19.4. The van der Waals surface area contributed by atoms with Gasteiger partial charge in [-0.25, -0.2) is 15.0 Å². The highest BCUT2D eigenvalue weighted by Gasteiger charge is 2.58. The molecule has 1 aromatic rings. The van der Waals surface area contributed by atoms with Crippen molar-refractivity contribution in [2.24, 2.45) is 9.98 Å². The summed E-state index contributed by atoms with van der Waals surface area (Å²) in [5, 5.41) is 23.2. The number of hydrogen-bond acceptors (Lipinski definition) is 9. The maximum Gasteiger partial charge on any atom is 0.217 e. The van der Waals surface area contributed by atoms with E-state index in [1.807, 2.05) is 27.7 Å². The molecule has 1 aromatic heterocycles. The van der Waals surface area contributed by atoms with Crippen molar-refractivity contribution in [2.45, 2.75) is 56.2 Å². The van der Waals surface area contributed by atoms with Gasteiger partial charge in [0.15, 0.2) is 23.0 Å². The first-order valence-electron chi connectivity index (χ1n) is 13.4. The molecule has 202 valence electrons. The number of ether oxygens (including phenoxy) is 1. The van der Waals surface area contributed by atoms with Crippen LogP contribution < -0.4 is 5.32 Å². The Labute approximate surface area is 229 Å². The number of carbonyl (C=O) groups is 2. The molecule has 1 saturated heterocycles. The summed E-state index contributed by atoms with van der Waals surface area (Å²) >= 11 is 0. The number of aliphatic hydroxyl groups excluding tert-OH is 2. The van der Waals surface area contributed by atoms with Crippen molar-refractivity contribution < 1.29 is 24.5 Å². The number of amidine groups is 1. The van der Waals surface area contributed by atoms with Crippen molar-refractivity contribution in [3.8, 4) is 0 Å². The predicted octanol–water partition coefficient (Wildman–Crippen LogP) is 1.42. The molecule has 3 aliphatic heterocycles.